The average Bonchev–Trinajstić information content (AvgIpc) is 2.23. The van der Waals surface area contributed by atoms with Gasteiger partial charge in [0.05, 0.1) is 5.02 Å². The summed E-state index contributed by atoms with van der Waals surface area (Å²) in [6.45, 7) is 2.05. The average molecular weight is 212 g/mol. The molecule has 2 nitrogen and oxygen atoms in total. The van der Waals surface area contributed by atoms with Gasteiger partial charge in [0.25, 0.3) is 0 Å². The van der Waals surface area contributed by atoms with Crippen LogP contribution in [0.5, 0.6) is 5.75 Å². The molecule has 1 aromatic rings. The summed E-state index contributed by atoms with van der Waals surface area (Å²) in [5, 5.41) is 13.3. The summed E-state index contributed by atoms with van der Waals surface area (Å²) >= 11 is 6.05. The Bertz CT molecular complexity index is 321. The molecule has 0 unspecified atom stereocenters. The predicted molar refractivity (Wildman–Crippen MR) is 58.0 cm³/mol. The Labute approximate surface area is 88.9 Å². The van der Waals surface area contributed by atoms with Crippen molar-refractivity contribution in [1.29, 1.82) is 0 Å². The summed E-state index contributed by atoms with van der Waals surface area (Å²) in [5.74, 6) is 0.637. The lowest BCUT2D eigenvalue weighted by molar-refractivity contribution is 0.453. The summed E-state index contributed by atoms with van der Waals surface area (Å²) in [6.07, 6.45) is 2.33. The van der Waals surface area contributed by atoms with Crippen molar-refractivity contribution in [2.75, 3.05) is 13.1 Å². The largest absolute Gasteiger partial charge is 0.506 e. The van der Waals surface area contributed by atoms with E-state index in [1.165, 1.54) is 6.42 Å². The molecule has 2 rings (SSSR count). The van der Waals surface area contributed by atoms with Crippen molar-refractivity contribution in [1.82, 2.24) is 5.32 Å². The number of phenolic OH excluding ortho intramolecular Hbond substituents is 1. The van der Waals surface area contributed by atoms with Crippen molar-refractivity contribution in [2.45, 2.75) is 18.8 Å². The highest BCUT2D eigenvalue weighted by Crippen LogP contribution is 2.34. The molecule has 3 heteroatoms. The lowest BCUT2D eigenvalue weighted by Crippen LogP contribution is -2.28. The molecule has 0 amide bonds. The van der Waals surface area contributed by atoms with Crippen molar-refractivity contribution in [3.05, 3.63) is 28.8 Å². The molecular formula is C11H14ClNO. The normalized spacial score (nSPS) is 22.2. The van der Waals surface area contributed by atoms with Gasteiger partial charge in [-0.2, -0.15) is 0 Å². The van der Waals surface area contributed by atoms with Crippen LogP contribution in [0.3, 0.4) is 0 Å². The van der Waals surface area contributed by atoms with Gasteiger partial charge < -0.3 is 10.4 Å². The first kappa shape index (κ1) is 9.81. The fourth-order valence-corrected chi connectivity index (χ4v) is 2.25. The smallest absolute Gasteiger partial charge is 0.134 e. The first-order chi connectivity index (χ1) is 6.79. The van der Waals surface area contributed by atoms with Gasteiger partial charge in [-0.3, -0.25) is 0 Å². The Morgan fingerprint density at radius 2 is 2.29 bits per heavy atom. The minimum absolute atomic E-state index is 0.190. The van der Waals surface area contributed by atoms with Crippen molar-refractivity contribution in [2.24, 2.45) is 0 Å². The third-order valence-electron chi connectivity index (χ3n) is 2.74. The standard InChI is InChI=1S/C11H14ClNO/c12-11-9(4-1-5-10(11)14)8-3-2-6-13-7-8/h1,4-5,8,13-14H,2-3,6-7H2/t8-/m1/s1. The zero-order valence-electron chi connectivity index (χ0n) is 7.96. The van der Waals surface area contributed by atoms with Gasteiger partial charge in [0.1, 0.15) is 5.75 Å². The molecule has 1 saturated heterocycles. The van der Waals surface area contributed by atoms with Gasteiger partial charge in [-0.05, 0) is 36.9 Å². The fraction of sp³-hybridized carbons (Fsp3) is 0.455. The summed E-state index contributed by atoms with van der Waals surface area (Å²) in [5.41, 5.74) is 1.07. The molecule has 0 aliphatic carbocycles. The molecule has 0 saturated carbocycles. The zero-order chi connectivity index (χ0) is 9.97. The maximum atomic E-state index is 9.48. The summed E-state index contributed by atoms with van der Waals surface area (Å²) in [7, 11) is 0. The second-order valence-corrected chi connectivity index (χ2v) is 4.10. The monoisotopic (exact) mass is 211 g/mol. The molecular weight excluding hydrogens is 198 g/mol. The maximum Gasteiger partial charge on any atom is 0.134 e. The number of phenols is 1. The molecule has 0 radical (unpaired) electrons. The maximum absolute atomic E-state index is 9.48. The number of benzene rings is 1. The molecule has 1 fully saturated rings. The van der Waals surface area contributed by atoms with E-state index in [1.54, 1.807) is 6.07 Å². The number of hydrogen-bond acceptors (Lipinski definition) is 2. The van der Waals surface area contributed by atoms with E-state index in [0.29, 0.717) is 10.9 Å². The third-order valence-corrected chi connectivity index (χ3v) is 3.16. The predicted octanol–water partition coefficient (Wildman–Crippen LogP) is 2.51. The van der Waals surface area contributed by atoms with Crippen LogP contribution in [-0.2, 0) is 0 Å². The Morgan fingerprint density at radius 1 is 1.43 bits per heavy atom. The zero-order valence-corrected chi connectivity index (χ0v) is 8.72. The molecule has 1 heterocycles. The van der Waals surface area contributed by atoms with Gasteiger partial charge in [0, 0.05) is 6.54 Å². The van der Waals surface area contributed by atoms with Crippen molar-refractivity contribution in [3.8, 4) is 5.75 Å². The Morgan fingerprint density at radius 3 is 3.00 bits per heavy atom. The first-order valence-corrected chi connectivity index (χ1v) is 5.35. The molecule has 1 aliphatic rings. The molecule has 2 N–H and O–H groups in total. The van der Waals surface area contributed by atoms with Crippen LogP contribution in [0.15, 0.2) is 18.2 Å². The number of hydrogen-bond donors (Lipinski definition) is 2. The minimum atomic E-state index is 0.190. The van der Waals surface area contributed by atoms with Crippen molar-refractivity contribution in [3.63, 3.8) is 0 Å². The van der Waals surface area contributed by atoms with Crippen LogP contribution in [0.2, 0.25) is 5.02 Å². The second kappa shape index (κ2) is 4.20. The molecule has 0 spiro atoms. The van der Waals surface area contributed by atoms with E-state index in [9.17, 15) is 5.11 Å². The van der Waals surface area contributed by atoms with Crippen LogP contribution in [0.1, 0.15) is 24.3 Å². The Hall–Kier alpha value is -0.730. The lowest BCUT2D eigenvalue weighted by atomic mass is 9.91. The van der Waals surface area contributed by atoms with E-state index in [-0.39, 0.29) is 5.75 Å². The van der Waals surface area contributed by atoms with Gasteiger partial charge in [0.15, 0.2) is 0 Å². The summed E-state index contributed by atoms with van der Waals surface area (Å²) in [4.78, 5) is 0. The highest BCUT2D eigenvalue weighted by Gasteiger charge is 2.18. The minimum Gasteiger partial charge on any atom is -0.506 e. The SMILES string of the molecule is Oc1cccc([C@@H]2CCCNC2)c1Cl. The van der Waals surface area contributed by atoms with Crippen LogP contribution in [-0.4, -0.2) is 18.2 Å². The number of nitrogens with one attached hydrogen (secondary N) is 1. The van der Waals surface area contributed by atoms with Gasteiger partial charge in [-0.15, -0.1) is 0 Å². The van der Waals surface area contributed by atoms with E-state index < -0.39 is 0 Å². The third kappa shape index (κ3) is 1.86. The quantitative estimate of drug-likeness (QED) is 0.748. The van der Waals surface area contributed by atoms with E-state index in [1.807, 2.05) is 12.1 Å². The second-order valence-electron chi connectivity index (χ2n) is 3.72. The van der Waals surface area contributed by atoms with E-state index >= 15 is 0 Å². The number of piperidine rings is 1. The molecule has 0 aromatic heterocycles. The van der Waals surface area contributed by atoms with Gasteiger partial charge >= 0.3 is 0 Å². The Balaban J connectivity index is 2.26. The molecule has 14 heavy (non-hydrogen) atoms. The number of halogens is 1. The van der Waals surface area contributed by atoms with Crippen molar-refractivity contribution < 1.29 is 5.11 Å². The Kier molecular flexibility index (Phi) is 2.94. The molecule has 1 aliphatic heterocycles. The van der Waals surface area contributed by atoms with E-state index in [2.05, 4.69) is 5.32 Å². The van der Waals surface area contributed by atoms with Gasteiger partial charge in [-0.1, -0.05) is 23.7 Å². The van der Waals surface area contributed by atoms with Crippen LogP contribution >= 0.6 is 11.6 Å². The molecule has 1 atom stereocenters. The molecule has 0 bridgehead atoms. The van der Waals surface area contributed by atoms with Crippen LogP contribution in [0.25, 0.3) is 0 Å². The van der Waals surface area contributed by atoms with Crippen LogP contribution in [0.4, 0.5) is 0 Å². The highest BCUT2D eigenvalue weighted by atomic mass is 35.5. The number of aromatic hydroxyl groups is 1. The molecule has 76 valence electrons. The molecule has 1 aromatic carbocycles. The highest BCUT2D eigenvalue weighted by molar-refractivity contribution is 6.32. The number of rotatable bonds is 1. The topological polar surface area (TPSA) is 32.3 Å². The fourth-order valence-electron chi connectivity index (χ4n) is 1.97. The first-order valence-electron chi connectivity index (χ1n) is 4.97. The van der Waals surface area contributed by atoms with Crippen LogP contribution < -0.4 is 5.32 Å². The van der Waals surface area contributed by atoms with Gasteiger partial charge in [-0.25, -0.2) is 0 Å². The van der Waals surface area contributed by atoms with Crippen LogP contribution in [0, 0.1) is 0 Å². The van der Waals surface area contributed by atoms with E-state index in [4.69, 9.17) is 11.6 Å². The summed E-state index contributed by atoms with van der Waals surface area (Å²) in [6, 6.07) is 5.48. The van der Waals surface area contributed by atoms with Crippen molar-refractivity contribution >= 4 is 11.6 Å². The van der Waals surface area contributed by atoms with Gasteiger partial charge in [0.2, 0.25) is 0 Å². The lowest BCUT2D eigenvalue weighted by Gasteiger charge is -2.24. The van der Waals surface area contributed by atoms with E-state index in [0.717, 1.165) is 25.1 Å². The summed E-state index contributed by atoms with van der Waals surface area (Å²) < 4.78 is 0.